The van der Waals surface area contributed by atoms with Gasteiger partial charge in [-0.05, 0) is 51.4 Å². The number of carbonyl (C=O) groups excluding carboxylic acids is 1. The Balaban J connectivity index is 3.93. The van der Waals surface area contributed by atoms with E-state index in [0.717, 1.165) is 51.4 Å². The fraction of sp³-hybridized carbons (Fsp3) is 0.896. The highest BCUT2D eigenvalue weighted by Gasteiger charge is 2.28. The fourth-order valence-corrected chi connectivity index (χ4v) is 10.9. The van der Waals surface area contributed by atoms with Gasteiger partial charge in [0, 0.05) is 6.42 Å². The predicted octanol–water partition coefficient (Wildman–Crippen LogP) is 20.9. The normalized spacial score (nSPS) is 13.9. The molecule has 0 bridgehead atoms. The monoisotopic (exact) mass is 1090 g/mol. The van der Waals surface area contributed by atoms with E-state index in [4.69, 9.17) is 9.05 Å². The standard InChI is InChI=1S/C67H131N2O6P/c1-6-8-10-12-14-16-18-20-22-24-25-26-27-28-29-30-31-32-33-34-35-36-37-38-39-40-41-42-43-45-47-49-51-53-55-57-59-61-67(71)68-65(64-75-76(72,73)74-63-62-69(3,4)5)66(70)60-58-56-54-52-50-48-46-44-23-21-19-17-15-13-11-9-7-2/h18,20,24-25,27-28,65-66,70H,6-17,19,21-23,26,29-64H2,1-5H3,(H-,68,71,72,73)/p+1/b20-18-,25-24-,28-27-. The first-order valence-corrected chi connectivity index (χ1v) is 34.8. The highest BCUT2D eigenvalue weighted by Crippen LogP contribution is 2.43. The Morgan fingerprint density at radius 3 is 1.09 bits per heavy atom. The van der Waals surface area contributed by atoms with Crippen molar-refractivity contribution >= 4 is 13.7 Å². The molecule has 3 atom stereocenters. The van der Waals surface area contributed by atoms with Gasteiger partial charge >= 0.3 is 7.82 Å². The molecule has 0 fully saturated rings. The summed E-state index contributed by atoms with van der Waals surface area (Å²) in [6.07, 6.45) is 76.7. The van der Waals surface area contributed by atoms with Crippen LogP contribution in [-0.2, 0) is 18.4 Å². The van der Waals surface area contributed by atoms with Crippen molar-refractivity contribution in [3.05, 3.63) is 36.5 Å². The minimum Gasteiger partial charge on any atom is -0.391 e. The zero-order valence-corrected chi connectivity index (χ0v) is 52.4. The van der Waals surface area contributed by atoms with Crippen molar-refractivity contribution in [2.75, 3.05) is 40.9 Å². The second-order valence-corrected chi connectivity index (χ2v) is 25.7. The zero-order chi connectivity index (χ0) is 55.6. The molecule has 0 aliphatic rings. The molecule has 3 unspecified atom stereocenters. The number of likely N-dealkylation sites (N-methyl/N-ethyl adjacent to an activating group) is 1. The van der Waals surface area contributed by atoms with Crippen molar-refractivity contribution in [2.45, 2.75) is 347 Å². The third-order valence-corrected chi connectivity index (χ3v) is 16.4. The molecule has 0 aromatic rings. The largest absolute Gasteiger partial charge is 0.472 e. The second-order valence-electron chi connectivity index (χ2n) is 24.2. The van der Waals surface area contributed by atoms with E-state index in [0.29, 0.717) is 23.9 Å². The summed E-state index contributed by atoms with van der Waals surface area (Å²) in [6, 6.07) is -0.759. The van der Waals surface area contributed by atoms with Crippen molar-refractivity contribution in [3.63, 3.8) is 0 Å². The van der Waals surface area contributed by atoms with Crippen molar-refractivity contribution in [1.29, 1.82) is 0 Å². The third-order valence-electron chi connectivity index (χ3n) is 15.4. The van der Waals surface area contributed by atoms with Crippen LogP contribution in [0.4, 0.5) is 0 Å². The molecule has 1 amide bonds. The quantitative estimate of drug-likeness (QED) is 0.0243. The third kappa shape index (κ3) is 60.4. The maximum absolute atomic E-state index is 13.0. The van der Waals surface area contributed by atoms with Crippen LogP contribution in [0.25, 0.3) is 0 Å². The number of rotatable bonds is 62. The Morgan fingerprint density at radius 1 is 0.447 bits per heavy atom. The number of hydrogen-bond donors (Lipinski definition) is 3. The summed E-state index contributed by atoms with van der Waals surface area (Å²) in [5, 5.41) is 14.1. The molecule has 0 radical (unpaired) electrons. The molecule has 3 N–H and O–H groups in total. The Kier molecular flexibility index (Phi) is 57.4. The highest BCUT2D eigenvalue weighted by molar-refractivity contribution is 7.47. The molecule has 0 heterocycles. The van der Waals surface area contributed by atoms with Crippen LogP contribution < -0.4 is 5.32 Å². The first-order valence-electron chi connectivity index (χ1n) is 33.4. The smallest absolute Gasteiger partial charge is 0.391 e. The van der Waals surface area contributed by atoms with Gasteiger partial charge in [-0.15, -0.1) is 0 Å². The van der Waals surface area contributed by atoms with Crippen molar-refractivity contribution in [3.8, 4) is 0 Å². The zero-order valence-electron chi connectivity index (χ0n) is 51.5. The topological polar surface area (TPSA) is 105 Å². The molecule has 8 nitrogen and oxygen atoms in total. The van der Waals surface area contributed by atoms with E-state index >= 15 is 0 Å². The van der Waals surface area contributed by atoms with Gasteiger partial charge < -0.3 is 19.8 Å². The van der Waals surface area contributed by atoms with Gasteiger partial charge in [-0.25, -0.2) is 4.57 Å². The van der Waals surface area contributed by atoms with Crippen LogP contribution in [0.2, 0.25) is 0 Å². The molecule has 0 spiro atoms. The summed E-state index contributed by atoms with van der Waals surface area (Å²) in [6.45, 7) is 4.92. The molecule has 76 heavy (non-hydrogen) atoms. The lowest BCUT2D eigenvalue weighted by molar-refractivity contribution is -0.870. The number of aliphatic hydroxyl groups excluding tert-OH is 1. The Hall–Kier alpha value is -1.28. The number of quaternary nitrogens is 1. The highest BCUT2D eigenvalue weighted by atomic mass is 31.2. The van der Waals surface area contributed by atoms with Crippen LogP contribution >= 0.6 is 7.82 Å². The van der Waals surface area contributed by atoms with Crippen LogP contribution in [0.3, 0.4) is 0 Å². The van der Waals surface area contributed by atoms with E-state index in [1.54, 1.807) is 0 Å². The number of nitrogens with zero attached hydrogens (tertiary/aromatic N) is 1. The molecule has 0 rings (SSSR count). The van der Waals surface area contributed by atoms with Gasteiger partial charge in [-0.3, -0.25) is 13.8 Å². The van der Waals surface area contributed by atoms with Gasteiger partial charge in [-0.2, -0.15) is 0 Å². The summed E-state index contributed by atoms with van der Waals surface area (Å²) >= 11 is 0. The number of phosphoric ester groups is 1. The van der Waals surface area contributed by atoms with Gasteiger partial charge in [0.15, 0.2) is 0 Å². The lowest BCUT2D eigenvalue weighted by atomic mass is 10.0. The van der Waals surface area contributed by atoms with Gasteiger partial charge in [0.05, 0.1) is 39.9 Å². The average Bonchev–Trinajstić information content (AvgIpc) is 3.38. The Morgan fingerprint density at radius 2 is 0.750 bits per heavy atom. The maximum Gasteiger partial charge on any atom is 0.472 e. The number of carbonyl (C=O) groups is 1. The lowest BCUT2D eigenvalue weighted by Gasteiger charge is -2.26. The first kappa shape index (κ1) is 74.7. The molecular weight excluding hydrogens is 960 g/mol. The lowest BCUT2D eigenvalue weighted by Crippen LogP contribution is -2.46. The van der Waals surface area contributed by atoms with Crippen LogP contribution in [-0.4, -0.2) is 73.4 Å². The van der Waals surface area contributed by atoms with Gasteiger partial charge in [-0.1, -0.05) is 314 Å². The van der Waals surface area contributed by atoms with Crippen LogP contribution in [0, 0.1) is 0 Å². The number of nitrogens with one attached hydrogen (secondary N) is 1. The number of phosphoric acid groups is 1. The second kappa shape index (κ2) is 58.4. The number of allylic oxidation sites excluding steroid dienone is 6. The fourth-order valence-electron chi connectivity index (χ4n) is 10.2. The minimum absolute atomic E-state index is 0.0770. The van der Waals surface area contributed by atoms with E-state index in [-0.39, 0.29) is 19.1 Å². The molecule has 9 heteroatoms. The summed E-state index contributed by atoms with van der Waals surface area (Å²) in [5.74, 6) is -0.138. The van der Waals surface area contributed by atoms with Crippen molar-refractivity contribution in [1.82, 2.24) is 5.32 Å². The van der Waals surface area contributed by atoms with Gasteiger partial charge in [0.1, 0.15) is 13.2 Å². The average molecular weight is 1090 g/mol. The van der Waals surface area contributed by atoms with Crippen molar-refractivity contribution < 1.29 is 32.9 Å². The number of hydrogen-bond acceptors (Lipinski definition) is 5. The maximum atomic E-state index is 13.0. The summed E-state index contributed by atoms with van der Waals surface area (Å²) < 4.78 is 23.8. The van der Waals surface area contributed by atoms with Crippen LogP contribution in [0.15, 0.2) is 36.5 Å². The molecule has 0 aliphatic carbocycles. The first-order chi connectivity index (χ1) is 37.0. The van der Waals surface area contributed by atoms with Crippen LogP contribution in [0.5, 0.6) is 0 Å². The minimum atomic E-state index is -4.32. The number of unbranched alkanes of at least 4 members (excludes halogenated alkanes) is 43. The molecule has 0 saturated carbocycles. The van der Waals surface area contributed by atoms with Crippen LogP contribution in [0.1, 0.15) is 335 Å². The van der Waals surface area contributed by atoms with E-state index in [1.165, 1.54) is 257 Å². The predicted molar refractivity (Wildman–Crippen MR) is 332 cm³/mol. The molecule has 0 aromatic heterocycles. The molecule has 0 aromatic carbocycles. The van der Waals surface area contributed by atoms with E-state index in [9.17, 15) is 19.4 Å². The molecule has 450 valence electrons. The molecule has 0 aliphatic heterocycles. The van der Waals surface area contributed by atoms with Crippen molar-refractivity contribution in [2.24, 2.45) is 0 Å². The van der Waals surface area contributed by atoms with Gasteiger partial charge in [0.25, 0.3) is 0 Å². The summed E-state index contributed by atoms with van der Waals surface area (Å²) in [7, 11) is 1.63. The number of aliphatic hydroxyl groups is 1. The molecular formula is C67H132N2O6P+. The number of amides is 1. The Labute approximate surface area is 474 Å². The molecule has 0 saturated heterocycles. The van der Waals surface area contributed by atoms with E-state index in [2.05, 4.69) is 55.6 Å². The summed E-state index contributed by atoms with van der Waals surface area (Å²) in [4.78, 5) is 23.4. The van der Waals surface area contributed by atoms with E-state index in [1.807, 2.05) is 21.1 Å². The summed E-state index contributed by atoms with van der Waals surface area (Å²) in [5.41, 5.74) is 0. The Bertz CT molecular complexity index is 1330. The van der Waals surface area contributed by atoms with E-state index < -0.39 is 20.0 Å². The van der Waals surface area contributed by atoms with Gasteiger partial charge in [0.2, 0.25) is 5.91 Å². The SMILES string of the molecule is CCCCCCC/C=C\C/C=C\C/C=C\CCCCCCCCCCCCCCCCCCCCCCCCC(=O)NC(COP(=O)(O)OCC[N+](C)(C)C)C(O)CCCCCCCCCCCCCCCCCCC.